The zero-order valence-corrected chi connectivity index (χ0v) is 6.17. The number of methoxy groups -OCH3 is 1. The van der Waals surface area contributed by atoms with Crippen LogP contribution in [-0.4, -0.2) is 24.7 Å². The number of nitrogens with zero attached hydrogens (tertiary/aromatic N) is 1. The van der Waals surface area contributed by atoms with Gasteiger partial charge in [0.15, 0.2) is 5.54 Å². The molecule has 4 nitrogen and oxygen atoms in total. The second-order valence-corrected chi connectivity index (χ2v) is 2.25. The Morgan fingerprint density at radius 1 is 1.60 bits per heavy atom. The molecule has 0 aromatic carbocycles. The lowest BCUT2D eigenvalue weighted by atomic mass is 10.1. The van der Waals surface area contributed by atoms with E-state index in [1.54, 1.807) is 0 Å². The highest BCUT2D eigenvalue weighted by atomic mass is 16.5. The van der Waals surface area contributed by atoms with Crippen LogP contribution >= 0.6 is 0 Å². The second-order valence-electron chi connectivity index (χ2n) is 2.25. The van der Waals surface area contributed by atoms with Gasteiger partial charge in [0.25, 0.3) is 0 Å². The van der Waals surface area contributed by atoms with Gasteiger partial charge in [-0.15, -0.1) is 0 Å². The third-order valence-corrected chi connectivity index (χ3v) is 1.01. The van der Waals surface area contributed by atoms with Gasteiger partial charge in [0.2, 0.25) is 6.08 Å². The topological polar surface area (TPSA) is 55.7 Å². The van der Waals surface area contributed by atoms with Gasteiger partial charge in [-0.2, -0.15) is 4.99 Å². The first-order valence-electron chi connectivity index (χ1n) is 2.72. The zero-order valence-electron chi connectivity index (χ0n) is 6.17. The summed E-state index contributed by atoms with van der Waals surface area (Å²) in [5.74, 6) is -0.546. The number of aliphatic imine (C=N–C) groups is 1. The molecule has 0 atom stereocenters. The lowest BCUT2D eigenvalue weighted by Crippen LogP contribution is -2.30. The van der Waals surface area contributed by atoms with Crippen molar-refractivity contribution in [1.82, 2.24) is 0 Å². The molecular formula is C6H9NO3. The molecule has 0 aromatic heterocycles. The molecule has 0 bridgehead atoms. The molecule has 0 spiro atoms. The minimum atomic E-state index is -1.10. The fourth-order valence-corrected chi connectivity index (χ4v) is 0.410. The first kappa shape index (κ1) is 8.85. The Morgan fingerprint density at radius 3 is 2.40 bits per heavy atom. The fraction of sp³-hybridized carbons (Fsp3) is 0.667. The lowest BCUT2D eigenvalue weighted by Gasteiger charge is -2.12. The summed E-state index contributed by atoms with van der Waals surface area (Å²) in [5.41, 5.74) is -1.10. The van der Waals surface area contributed by atoms with E-state index in [-0.39, 0.29) is 0 Å². The van der Waals surface area contributed by atoms with Gasteiger partial charge in [-0.1, -0.05) is 0 Å². The summed E-state index contributed by atoms with van der Waals surface area (Å²) >= 11 is 0. The number of rotatable bonds is 2. The molecule has 0 aromatic rings. The number of hydrogen-bond acceptors (Lipinski definition) is 4. The van der Waals surface area contributed by atoms with Crippen molar-refractivity contribution in [2.45, 2.75) is 19.4 Å². The molecule has 0 rings (SSSR count). The number of isocyanates is 1. The maximum absolute atomic E-state index is 10.7. The maximum Gasteiger partial charge on any atom is 0.334 e. The van der Waals surface area contributed by atoms with E-state index in [2.05, 4.69) is 9.73 Å². The summed E-state index contributed by atoms with van der Waals surface area (Å²) in [5, 5.41) is 0. The Balaban J connectivity index is 4.38. The van der Waals surface area contributed by atoms with Crippen LogP contribution in [0.4, 0.5) is 0 Å². The molecule has 4 heteroatoms. The predicted octanol–water partition coefficient (Wildman–Crippen LogP) is 0.274. The first-order valence-corrected chi connectivity index (χ1v) is 2.72. The molecule has 0 aliphatic rings. The van der Waals surface area contributed by atoms with Crippen LogP contribution in [0.2, 0.25) is 0 Å². The number of hydrogen-bond donors (Lipinski definition) is 0. The minimum absolute atomic E-state index is 0.546. The Morgan fingerprint density at radius 2 is 2.10 bits per heavy atom. The molecule has 56 valence electrons. The molecule has 0 radical (unpaired) electrons. The highest BCUT2D eigenvalue weighted by molar-refractivity contribution is 5.80. The van der Waals surface area contributed by atoms with Crippen molar-refractivity contribution in [1.29, 1.82) is 0 Å². The van der Waals surface area contributed by atoms with Crippen molar-refractivity contribution in [2.75, 3.05) is 7.11 Å². The SMILES string of the molecule is COC(=O)C(C)(C)N=C=O. The molecule has 0 amide bonds. The summed E-state index contributed by atoms with van der Waals surface area (Å²) in [6, 6.07) is 0. The molecule has 0 saturated carbocycles. The van der Waals surface area contributed by atoms with Crippen molar-refractivity contribution in [2.24, 2.45) is 4.99 Å². The molecule has 0 heterocycles. The molecule has 0 fully saturated rings. The van der Waals surface area contributed by atoms with Crippen molar-refractivity contribution in [3.05, 3.63) is 0 Å². The van der Waals surface area contributed by atoms with Crippen LogP contribution < -0.4 is 0 Å². The van der Waals surface area contributed by atoms with Crippen LogP contribution in [0.25, 0.3) is 0 Å². The largest absolute Gasteiger partial charge is 0.467 e. The van der Waals surface area contributed by atoms with Crippen molar-refractivity contribution in [3.8, 4) is 0 Å². The van der Waals surface area contributed by atoms with E-state index in [0.29, 0.717) is 0 Å². The monoisotopic (exact) mass is 143 g/mol. The smallest absolute Gasteiger partial charge is 0.334 e. The zero-order chi connectivity index (χ0) is 8.20. The molecular weight excluding hydrogens is 134 g/mol. The quantitative estimate of drug-likeness (QED) is 0.317. The van der Waals surface area contributed by atoms with E-state index in [0.717, 1.165) is 0 Å². The Kier molecular flexibility index (Phi) is 2.77. The van der Waals surface area contributed by atoms with Crippen LogP contribution in [0, 0.1) is 0 Å². The van der Waals surface area contributed by atoms with Gasteiger partial charge < -0.3 is 4.74 Å². The highest BCUT2D eigenvalue weighted by Crippen LogP contribution is 2.08. The average molecular weight is 143 g/mol. The maximum atomic E-state index is 10.7. The van der Waals surface area contributed by atoms with E-state index in [9.17, 15) is 9.59 Å². The molecule has 10 heavy (non-hydrogen) atoms. The van der Waals surface area contributed by atoms with Gasteiger partial charge in [-0.25, -0.2) is 9.59 Å². The second kappa shape index (κ2) is 3.13. The first-order chi connectivity index (χ1) is 4.54. The standard InChI is InChI=1S/C6H9NO3/c1-6(2,7-4-8)5(9)10-3/h1-3H3. The van der Waals surface area contributed by atoms with E-state index in [4.69, 9.17) is 0 Å². The third kappa shape index (κ3) is 1.99. The summed E-state index contributed by atoms with van der Waals surface area (Å²) in [6.07, 6.45) is 1.30. The highest BCUT2D eigenvalue weighted by Gasteiger charge is 2.27. The normalized spacial score (nSPS) is 9.90. The average Bonchev–Trinajstić information content (AvgIpc) is 1.86. The number of esters is 1. The van der Waals surface area contributed by atoms with E-state index in [1.807, 2.05) is 0 Å². The van der Waals surface area contributed by atoms with Crippen LogP contribution in [0.15, 0.2) is 4.99 Å². The number of ether oxygens (including phenoxy) is 1. The predicted molar refractivity (Wildman–Crippen MR) is 34.2 cm³/mol. The molecule has 0 aliphatic heterocycles. The van der Waals surface area contributed by atoms with Crippen molar-refractivity contribution in [3.63, 3.8) is 0 Å². The van der Waals surface area contributed by atoms with Crippen LogP contribution in [-0.2, 0) is 14.3 Å². The van der Waals surface area contributed by atoms with Gasteiger partial charge in [0.05, 0.1) is 7.11 Å². The molecule has 0 unspecified atom stereocenters. The number of carbonyl (C=O) groups excluding carboxylic acids is 2. The third-order valence-electron chi connectivity index (χ3n) is 1.01. The van der Waals surface area contributed by atoms with Gasteiger partial charge in [0.1, 0.15) is 0 Å². The van der Waals surface area contributed by atoms with Gasteiger partial charge in [-0.05, 0) is 13.8 Å². The van der Waals surface area contributed by atoms with Crippen molar-refractivity contribution >= 4 is 12.0 Å². The minimum Gasteiger partial charge on any atom is -0.467 e. The Labute approximate surface area is 58.9 Å². The van der Waals surface area contributed by atoms with Gasteiger partial charge in [-0.3, -0.25) is 0 Å². The molecule has 0 N–H and O–H groups in total. The summed E-state index contributed by atoms with van der Waals surface area (Å²) in [7, 11) is 1.24. The lowest BCUT2D eigenvalue weighted by molar-refractivity contribution is -0.145. The van der Waals surface area contributed by atoms with Crippen LogP contribution in [0.3, 0.4) is 0 Å². The van der Waals surface area contributed by atoms with Gasteiger partial charge in [0, 0.05) is 0 Å². The van der Waals surface area contributed by atoms with E-state index in [1.165, 1.54) is 27.0 Å². The fourth-order valence-electron chi connectivity index (χ4n) is 0.410. The van der Waals surface area contributed by atoms with E-state index < -0.39 is 11.5 Å². The summed E-state index contributed by atoms with van der Waals surface area (Å²) in [4.78, 5) is 23.7. The van der Waals surface area contributed by atoms with Crippen molar-refractivity contribution < 1.29 is 14.3 Å². The summed E-state index contributed by atoms with van der Waals surface area (Å²) < 4.78 is 4.36. The Hall–Kier alpha value is -1.15. The van der Waals surface area contributed by atoms with Crippen LogP contribution in [0.1, 0.15) is 13.8 Å². The Bertz CT molecular complexity index is 179. The van der Waals surface area contributed by atoms with Crippen LogP contribution in [0.5, 0.6) is 0 Å². The van der Waals surface area contributed by atoms with Gasteiger partial charge >= 0.3 is 5.97 Å². The van der Waals surface area contributed by atoms with E-state index >= 15 is 0 Å². The molecule has 0 saturated heterocycles. The molecule has 0 aliphatic carbocycles. The summed E-state index contributed by atoms with van der Waals surface area (Å²) in [6.45, 7) is 2.95. The number of carbonyl (C=O) groups is 1.